The number of carboxylic acids is 1. The minimum absolute atomic E-state index is 0.102. The van der Waals surface area contributed by atoms with Crippen LogP contribution in [-0.4, -0.2) is 16.9 Å². The molecular formula is C20H30O3. The van der Waals surface area contributed by atoms with Crippen LogP contribution in [0.2, 0.25) is 0 Å². The second-order valence-corrected chi connectivity index (χ2v) is 5.42. The van der Waals surface area contributed by atoms with E-state index in [1.807, 2.05) is 36.5 Å². The summed E-state index contributed by atoms with van der Waals surface area (Å²) in [4.78, 5) is 21.9. The predicted octanol–water partition coefficient (Wildman–Crippen LogP) is 5.40. The fraction of sp³-hybridized carbons (Fsp3) is 0.500. The van der Waals surface area contributed by atoms with Crippen LogP contribution < -0.4 is 0 Å². The molecule has 23 heavy (non-hydrogen) atoms. The molecule has 3 heteroatoms. The fourth-order valence-corrected chi connectivity index (χ4v) is 1.88. The van der Waals surface area contributed by atoms with E-state index in [2.05, 4.69) is 13.0 Å². The first-order valence-electron chi connectivity index (χ1n) is 8.54. The van der Waals surface area contributed by atoms with Crippen LogP contribution in [0.25, 0.3) is 0 Å². The van der Waals surface area contributed by atoms with E-state index in [0.29, 0.717) is 12.8 Å². The minimum atomic E-state index is -0.749. The van der Waals surface area contributed by atoms with Crippen LogP contribution in [0.4, 0.5) is 0 Å². The van der Waals surface area contributed by atoms with E-state index >= 15 is 0 Å². The molecule has 0 spiro atoms. The van der Waals surface area contributed by atoms with Crippen molar-refractivity contribution in [3.63, 3.8) is 0 Å². The third kappa shape index (κ3) is 18.1. The van der Waals surface area contributed by atoms with Crippen molar-refractivity contribution in [2.75, 3.05) is 0 Å². The van der Waals surface area contributed by atoms with Crippen LogP contribution in [0.15, 0.2) is 48.6 Å². The van der Waals surface area contributed by atoms with Gasteiger partial charge in [0.1, 0.15) is 0 Å². The Labute approximate surface area is 140 Å². The Morgan fingerprint density at radius 1 is 0.870 bits per heavy atom. The Morgan fingerprint density at radius 3 is 2.35 bits per heavy atom. The highest BCUT2D eigenvalue weighted by Gasteiger charge is 1.93. The van der Waals surface area contributed by atoms with Crippen LogP contribution in [0.3, 0.4) is 0 Å². The van der Waals surface area contributed by atoms with Gasteiger partial charge in [0.15, 0.2) is 5.78 Å². The molecule has 0 aliphatic heterocycles. The smallest absolute Gasteiger partial charge is 0.303 e. The van der Waals surface area contributed by atoms with Crippen LogP contribution in [0.5, 0.6) is 0 Å². The highest BCUT2D eigenvalue weighted by atomic mass is 16.4. The van der Waals surface area contributed by atoms with Crippen LogP contribution in [0.1, 0.15) is 64.7 Å². The summed E-state index contributed by atoms with van der Waals surface area (Å²) in [6.07, 6.45) is 22.9. The van der Waals surface area contributed by atoms with Crippen LogP contribution in [-0.2, 0) is 9.59 Å². The van der Waals surface area contributed by atoms with Gasteiger partial charge in [-0.3, -0.25) is 9.59 Å². The third-order valence-electron chi connectivity index (χ3n) is 3.19. The van der Waals surface area contributed by atoms with Gasteiger partial charge in [-0.25, -0.2) is 0 Å². The van der Waals surface area contributed by atoms with Crippen LogP contribution >= 0.6 is 0 Å². The number of aliphatic carboxylic acids is 1. The number of carboxylic acid groups (broad SMARTS) is 1. The number of unbranched alkanes of at least 4 members (excludes halogenated alkanes) is 4. The van der Waals surface area contributed by atoms with E-state index in [9.17, 15) is 9.59 Å². The molecule has 0 heterocycles. The summed E-state index contributed by atoms with van der Waals surface area (Å²) in [5, 5.41) is 8.49. The molecule has 0 aromatic carbocycles. The summed E-state index contributed by atoms with van der Waals surface area (Å²) in [6, 6.07) is 0. The third-order valence-corrected chi connectivity index (χ3v) is 3.19. The van der Waals surface area contributed by atoms with Gasteiger partial charge in [0.05, 0.1) is 0 Å². The number of ketones is 1. The molecule has 0 atom stereocenters. The van der Waals surface area contributed by atoms with Gasteiger partial charge in [-0.1, -0.05) is 62.3 Å². The van der Waals surface area contributed by atoms with E-state index < -0.39 is 5.97 Å². The predicted molar refractivity (Wildman–Crippen MR) is 96.4 cm³/mol. The average molecular weight is 318 g/mol. The maximum absolute atomic E-state index is 11.6. The Kier molecular flexibility index (Phi) is 15.1. The summed E-state index contributed by atoms with van der Waals surface area (Å²) in [5.74, 6) is -0.648. The van der Waals surface area contributed by atoms with Gasteiger partial charge in [-0.05, 0) is 38.2 Å². The SMILES string of the molecule is CCCCCC=CC=CC(=O)CC=CCC=CCCCC(=O)O. The molecule has 0 aromatic rings. The second kappa shape index (κ2) is 16.5. The molecule has 1 N–H and O–H groups in total. The molecule has 0 saturated carbocycles. The Morgan fingerprint density at radius 2 is 1.61 bits per heavy atom. The van der Waals surface area contributed by atoms with Crippen molar-refractivity contribution in [2.45, 2.75) is 64.7 Å². The zero-order chi connectivity index (χ0) is 17.2. The molecule has 0 fully saturated rings. The molecule has 0 aliphatic carbocycles. The molecule has 0 amide bonds. The van der Waals surface area contributed by atoms with E-state index in [-0.39, 0.29) is 12.2 Å². The first kappa shape index (κ1) is 21.1. The van der Waals surface area contributed by atoms with Crippen molar-refractivity contribution in [1.29, 1.82) is 0 Å². The molecule has 0 aromatic heterocycles. The molecule has 128 valence electrons. The minimum Gasteiger partial charge on any atom is -0.481 e. The van der Waals surface area contributed by atoms with E-state index in [4.69, 9.17) is 5.11 Å². The number of carbonyl (C=O) groups is 2. The van der Waals surface area contributed by atoms with Gasteiger partial charge in [-0.2, -0.15) is 0 Å². The van der Waals surface area contributed by atoms with Gasteiger partial charge in [0.2, 0.25) is 0 Å². The largest absolute Gasteiger partial charge is 0.481 e. The molecule has 0 saturated heterocycles. The fourth-order valence-electron chi connectivity index (χ4n) is 1.88. The summed E-state index contributed by atoms with van der Waals surface area (Å²) < 4.78 is 0. The Hall–Kier alpha value is -1.90. The van der Waals surface area contributed by atoms with Crippen LogP contribution in [0, 0.1) is 0 Å². The van der Waals surface area contributed by atoms with Crippen molar-refractivity contribution < 1.29 is 14.7 Å². The van der Waals surface area contributed by atoms with E-state index in [1.165, 1.54) is 19.3 Å². The summed E-state index contributed by atoms with van der Waals surface area (Å²) in [6.45, 7) is 2.19. The molecule has 3 nitrogen and oxygen atoms in total. The second-order valence-electron chi connectivity index (χ2n) is 5.42. The molecule has 0 bridgehead atoms. The zero-order valence-electron chi connectivity index (χ0n) is 14.2. The zero-order valence-corrected chi connectivity index (χ0v) is 14.2. The molecule has 0 aliphatic rings. The lowest BCUT2D eigenvalue weighted by atomic mass is 10.2. The van der Waals surface area contributed by atoms with Gasteiger partial charge < -0.3 is 5.11 Å². The normalized spacial score (nSPS) is 12.2. The van der Waals surface area contributed by atoms with Gasteiger partial charge in [0.25, 0.3) is 0 Å². The highest BCUT2D eigenvalue weighted by molar-refractivity contribution is 5.90. The monoisotopic (exact) mass is 318 g/mol. The molecule has 0 unspecified atom stereocenters. The Balaban J connectivity index is 3.64. The van der Waals surface area contributed by atoms with Gasteiger partial charge in [-0.15, -0.1) is 0 Å². The number of hydrogen-bond acceptors (Lipinski definition) is 2. The number of carbonyl (C=O) groups excluding carboxylic acids is 1. The van der Waals surface area contributed by atoms with Gasteiger partial charge >= 0.3 is 5.97 Å². The van der Waals surface area contributed by atoms with Crippen molar-refractivity contribution in [1.82, 2.24) is 0 Å². The van der Waals surface area contributed by atoms with Crippen molar-refractivity contribution in [3.05, 3.63) is 48.6 Å². The number of rotatable bonds is 14. The lowest BCUT2D eigenvalue weighted by molar-refractivity contribution is -0.137. The Bertz CT molecular complexity index is 428. The quantitative estimate of drug-likeness (QED) is 0.202. The maximum Gasteiger partial charge on any atom is 0.303 e. The maximum atomic E-state index is 11.6. The standard InChI is InChI=1S/C20H30O3/c1-2-3-4-5-7-10-13-16-19(21)17-14-11-8-6-9-12-15-18-20(22)23/h6-7,9-11,13-14,16H,2-5,8,12,15,17-18H2,1H3,(H,22,23). The van der Waals surface area contributed by atoms with E-state index in [1.54, 1.807) is 6.08 Å². The van der Waals surface area contributed by atoms with Gasteiger partial charge in [0, 0.05) is 12.8 Å². The van der Waals surface area contributed by atoms with Crippen molar-refractivity contribution >= 4 is 11.8 Å². The first-order chi connectivity index (χ1) is 11.2. The topological polar surface area (TPSA) is 54.4 Å². The first-order valence-corrected chi connectivity index (χ1v) is 8.54. The summed E-state index contributed by atoms with van der Waals surface area (Å²) in [5.41, 5.74) is 0. The summed E-state index contributed by atoms with van der Waals surface area (Å²) >= 11 is 0. The molecule has 0 radical (unpaired) electrons. The number of allylic oxidation sites excluding steroid dienone is 8. The molecular weight excluding hydrogens is 288 g/mol. The average Bonchev–Trinajstić information content (AvgIpc) is 2.52. The molecule has 0 rings (SSSR count). The van der Waals surface area contributed by atoms with E-state index in [0.717, 1.165) is 19.3 Å². The lowest BCUT2D eigenvalue weighted by Gasteiger charge is -1.90. The van der Waals surface area contributed by atoms with Crippen molar-refractivity contribution in [3.8, 4) is 0 Å². The highest BCUT2D eigenvalue weighted by Crippen LogP contribution is 2.00. The summed E-state index contributed by atoms with van der Waals surface area (Å²) in [7, 11) is 0. The lowest BCUT2D eigenvalue weighted by Crippen LogP contribution is -1.92. The van der Waals surface area contributed by atoms with Crippen molar-refractivity contribution in [2.24, 2.45) is 0 Å². The number of hydrogen-bond donors (Lipinski definition) is 1.